The van der Waals surface area contributed by atoms with Crippen LogP contribution in [0.1, 0.15) is 24.5 Å². The van der Waals surface area contributed by atoms with Crippen molar-refractivity contribution in [2.75, 3.05) is 26.2 Å². The molecule has 1 aromatic carbocycles. The molecule has 0 bridgehead atoms. The Labute approximate surface area is 134 Å². The second-order valence-electron chi connectivity index (χ2n) is 5.64. The first kappa shape index (κ1) is 15.8. The molecule has 1 aromatic heterocycles. The molecule has 5 nitrogen and oxygen atoms in total. The number of halogens is 1. The van der Waals surface area contributed by atoms with Gasteiger partial charge in [0.25, 0.3) is 0 Å². The zero-order chi connectivity index (χ0) is 16.1. The van der Waals surface area contributed by atoms with Gasteiger partial charge in [0, 0.05) is 31.4 Å². The second-order valence-corrected chi connectivity index (χ2v) is 5.64. The molecule has 23 heavy (non-hydrogen) atoms. The number of ether oxygens (including phenoxy) is 1. The van der Waals surface area contributed by atoms with Crippen molar-refractivity contribution in [2.45, 2.75) is 18.8 Å². The molecule has 1 fully saturated rings. The topological polar surface area (TPSA) is 58.5 Å². The number of nitrogens with zero attached hydrogens (tertiary/aromatic N) is 3. The first-order valence-corrected chi connectivity index (χ1v) is 7.84. The molecule has 1 atom stereocenters. The molecule has 1 aliphatic heterocycles. The van der Waals surface area contributed by atoms with E-state index >= 15 is 0 Å². The summed E-state index contributed by atoms with van der Waals surface area (Å²) in [7, 11) is 0. The predicted molar refractivity (Wildman–Crippen MR) is 84.0 cm³/mol. The zero-order valence-electron chi connectivity index (χ0n) is 12.9. The predicted octanol–water partition coefficient (Wildman–Crippen LogP) is 2.58. The monoisotopic (exact) mass is 317 g/mol. The van der Waals surface area contributed by atoms with Crippen molar-refractivity contribution in [3.8, 4) is 11.6 Å². The van der Waals surface area contributed by atoms with Gasteiger partial charge in [-0.25, -0.2) is 9.37 Å². The number of aliphatic hydroxyl groups is 1. The Hall–Kier alpha value is -2.05. The van der Waals surface area contributed by atoms with Gasteiger partial charge in [0.2, 0.25) is 5.88 Å². The average molecular weight is 317 g/mol. The highest BCUT2D eigenvalue weighted by Gasteiger charge is 2.25. The molecule has 1 N–H and O–H groups in total. The Bertz CT molecular complexity index is 651. The van der Waals surface area contributed by atoms with E-state index in [2.05, 4.69) is 14.9 Å². The summed E-state index contributed by atoms with van der Waals surface area (Å²) in [5, 5.41) is 9.12. The molecule has 1 saturated heterocycles. The van der Waals surface area contributed by atoms with Crippen molar-refractivity contribution in [2.24, 2.45) is 0 Å². The van der Waals surface area contributed by atoms with Crippen LogP contribution in [0.25, 0.3) is 0 Å². The van der Waals surface area contributed by atoms with E-state index in [0.717, 1.165) is 31.6 Å². The number of para-hydroxylation sites is 1. The van der Waals surface area contributed by atoms with Crippen molar-refractivity contribution in [3.05, 3.63) is 48.2 Å². The van der Waals surface area contributed by atoms with Gasteiger partial charge >= 0.3 is 0 Å². The van der Waals surface area contributed by atoms with Crippen molar-refractivity contribution in [1.29, 1.82) is 0 Å². The highest BCUT2D eigenvalue weighted by atomic mass is 19.1. The SMILES string of the molecule is OCCN1CCCC(c2nccnc2Oc2ccccc2F)C1. The molecule has 6 heteroatoms. The van der Waals surface area contributed by atoms with E-state index in [4.69, 9.17) is 9.84 Å². The summed E-state index contributed by atoms with van der Waals surface area (Å²) in [6.07, 6.45) is 5.19. The van der Waals surface area contributed by atoms with E-state index in [1.165, 1.54) is 6.07 Å². The first-order chi connectivity index (χ1) is 11.3. The largest absolute Gasteiger partial charge is 0.434 e. The molecule has 2 aromatic rings. The standard InChI is InChI=1S/C17H20FN3O2/c18-14-5-1-2-6-15(14)23-17-16(19-7-8-20-17)13-4-3-9-21(12-13)10-11-22/h1-2,5-8,13,22H,3-4,9-12H2. The van der Waals surface area contributed by atoms with Gasteiger partial charge in [0.15, 0.2) is 11.6 Å². The first-order valence-electron chi connectivity index (χ1n) is 7.84. The molecule has 2 heterocycles. The number of hydrogen-bond acceptors (Lipinski definition) is 5. The van der Waals surface area contributed by atoms with E-state index in [-0.39, 0.29) is 18.3 Å². The minimum absolute atomic E-state index is 0.145. The van der Waals surface area contributed by atoms with Crippen molar-refractivity contribution in [3.63, 3.8) is 0 Å². The summed E-state index contributed by atoms with van der Waals surface area (Å²) in [4.78, 5) is 10.9. The Morgan fingerprint density at radius 1 is 1.26 bits per heavy atom. The lowest BCUT2D eigenvalue weighted by Gasteiger charge is -2.32. The van der Waals surface area contributed by atoms with E-state index in [0.29, 0.717) is 12.4 Å². The van der Waals surface area contributed by atoms with Crippen LogP contribution in [-0.4, -0.2) is 46.2 Å². The van der Waals surface area contributed by atoms with Crippen molar-refractivity contribution < 1.29 is 14.2 Å². The summed E-state index contributed by atoms with van der Waals surface area (Å²) in [5.74, 6) is 0.256. The Balaban J connectivity index is 1.82. The van der Waals surface area contributed by atoms with Gasteiger partial charge in [-0.1, -0.05) is 12.1 Å². The van der Waals surface area contributed by atoms with Crippen LogP contribution in [0.3, 0.4) is 0 Å². The second kappa shape index (κ2) is 7.48. The third-order valence-corrected chi connectivity index (χ3v) is 4.04. The van der Waals surface area contributed by atoms with Crippen LogP contribution in [0.4, 0.5) is 4.39 Å². The maximum absolute atomic E-state index is 13.8. The molecule has 0 spiro atoms. The summed E-state index contributed by atoms with van der Waals surface area (Å²) in [6, 6.07) is 6.27. The van der Waals surface area contributed by atoms with Crippen LogP contribution in [-0.2, 0) is 0 Å². The van der Waals surface area contributed by atoms with E-state index < -0.39 is 5.82 Å². The zero-order valence-corrected chi connectivity index (χ0v) is 12.9. The number of β-amino-alcohol motifs (C(OH)–C–C–N with tert-alkyl or cyclic N) is 1. The molecule has 0 aliphatic carbocycles. The Kier molecular flexibility index (Phi) is 5.15. The van der Waals surface area contributed by atoms with Gasteiger partial charge in [0.05, 0.1) is 6.61 Å². The number of aliphatic hydroxyl groups excluding tert-OH is 1. The minimum Gasteiger partial charge on any atom is -0.434 e. The molecule has 122 valence electrons. The smallest absolute Gasteiger partial charge is 0.241 e. The number of benzene rings is 1. The van der Waals surface area contributed by atoms with Gasteiger partial charge in [-0.3, -0.25) is 4.98 Å². The third kappa shape index (κ3) is 3.83. The number of aromatic nitrogens is 2. The Morgan fingerprint density at radius 2 is 2.09 bits per heavy atom. The fourth-order valence-electron chi connectivity index (χ4n) is 2.95. The van der Waals surface area contributed by atoms with Crippen LogP contribution in [0.2, 0.25) is 0 Å². The summed E-state index contributed by atoms with van der Waals surface area (Å²) in [6.45, 7) is 2.57. The molecule has 1 aliphatic rings. The number of piperidine rings is 1. The Morgan fingerprint density at radius 3 is 2.91 bits per heavy atom. The van der Waals surface area contributed by atoms with Gasteiger partial charge in [-0.2, -0.15) is 0 Å². The minimum atomic E-state index is -0.422. The molecule has 0 amide bonds. The third-order valence-electron chi connectivity index (χ3n) is 4.04. The number of hydrogen-bond donors (Lipinski definition) is 1. The summed E-state index contributed by atoms with van der Waals surface area (Å²) < 4.78 is 19.5. The number of rotatable bonds is 5. The normalized spacial score (nSPS) is 18.8. The highest BCUT2D eigenvalue weighted by Crippen LogP contribution is 2.33. The molecule has 3 rings (SSSR count). The molecular weight excluding hydrogens is 297 g/mol. The molecule has 0 radical (unpaired) electrons. The fourth-order valence-corrected chi connectivity index (χ4v) is 2.95. The van der Waals surface area contributed by atoms with Crippen molar-refractivity contribution >= 4 is 0 Å². The molecular formula is C17H20FN3O2. The lowest BCUT2D eigenvalue weighted by molar-refractivity contribution is 0.159. The summed E-state index contributed by atoms with van der Waals surface area (Å²) >= 11 is 0. The summed E-state index contributed by atoms with van der Waals surface area (Å²) in [5.41, 5.74) is 0.749. The van der Waals surface area contributed by atoms with E-state index in [1.807, 2.05) is 0 Å². The number of likely N-dealkylation sites (tertiary alicyclic amines) is 1. The van der Waals surface area contributed by atoms with Crippen LogP contribution >= 0.6 is 0 Å². The van der Waals surface area contributed by atoms with Crippen LogP contribution in [0.15, 0.2) is 36.7 Å². The van der Waals surface area contributed by atoms with Gasteiger partial charge in [-0.05, 0) is 31.5 Å². The van der Waals surface area contributed by atoms with Crippen molar-refractivity contribution in [1.82, 2.24) is 14.9 Å². The van der Waals surface area contributed by atoms with Crippen LogP contribution in [0, 0.1) is 5.82 Å². The van der Waals surface area contributed by atoms with Gasteiger partial charge < -0.3 is 14.7 Å². The van der Waals surface area contributed by atoms with Gasteiger partial charge in [0.1, 0.15) is 5.69 Å². The van der Waals surface area contributed by atoms with Gasteiger partial charge in [-0.15, -0.1) is 0 Å². The quantitative estimate of drug-likeness (QED) is 0.918. The lowest BCUT2D eigenvalue weighted by Crippen LogP contribution is -2.36. The average Bonchev–Trinajstić information content (AvgIpc) is 2.58. The maximum atomic E-state index is 13.8. The molecule has 0 saturated carbocycles. The van der Waals surface area contributed by atoms with Crippen LogP contribution < -0.4 is 4.74 Å². The fraction of sp³-hybridized carbons (Fsp3) is 0.412. The van der Waals surface area contributed by atoms with E-state index in [9.17, 15) is 4.39 Å². The maximum Gasteiger partial charge on any atom is 0.241 e. The lowest BCUT2D eigenvalue weighted by atomic mass is 9.94. The van der Waals surface area contributed by atoms with Crippen LogP contribution in [0.5, 0.6) is 11.6 Å². The highest BCUT2D eigenvalue weighted by molar-refractivity contribution is 5.31. The molecule has 1 unspecified atom stereocenters. The van der Waals surface area contributed by atoms with E-state index in [1.54, 1.807) is 30.6 Å².